The molecule has 31 heavy (non-hydrogen) atoms. The highest BCUT2D eigenvalue weighted by Crippen LogP contribution is 2.32. The van der Waals surface area contributed by atoms with Gasteiger partial charge in [0.1, 0.15) is 13.2 Å². The first-order chi connectivity index (χ1) is 15.0. The molecule has 1 heterocycles. The SMILES string of the molecule is Cc1cc(C)cc(NC(=O)[C@H](OC(=O)c2ccc3c(c2)OCCO3)c2ccccc2)c1. The predicted octanol–water partition coefficient (Wildman–Crippen LogP) is 4.61. The molecule has 3 aromatic rings. The molecule has 1 aliphatic heterocycles. The average Bonchev–Trinajstić information content (AvgIpc) is 2.76. The summed E-state index contributed by atoms with van der Waals surface area (Å²) in [5.41, 5.74) is 3.57. The normalized spacial score (nSPS) is 13.2. The highest BCUT2D eigenvalue weighted by Gasteiger charge is 2.27. The molecule has 1 atom stereocenters. The molecular weight excluding hydrogens is 394 g/mol. The van der Waals surface area contributed by atoms with Gasteiger partial charge < -0.3 is 19.5 Å². The maximum atomic E-state index is 13.1. The summed E-state index contributed by atoms with van der Waals surface area (Å²) in [6.45, 7) is 4.79. The van der Waals surface area contributed by atoms with Crippen molar-refractivity contribution in [3.05, 3.63) is 89.0 Å². The summed E-state index contributed by atoms with van der Waals surface area (Å²) in [5.74, 6) is 0.00936. The molecule has 0 unspecified atom stereocenters. The van der Waals surface area contributed by atoms with E-state index in [1.807, 2.05) is 38.1 Å². The Bertz CT molecular complexity index is 1090. The fourth-order valence-corrected chi connectivity index (χ4v) is 3.50. The van der Waals surface area contributed by atoms with Gasteiger partial charge in [-0.3, -0.25) is 4.79 Å². The number of anilines is 1. The lowest BCUT2D eigenvalue weighted by atomic mass is 10.1. The van der Waals surface area contributed by atoms with Gasteiger partial charge in [-0.1, -0.05) is 36.4 Å². The van der Waals surface area contributed by atoms with Crippen LogP contribution in [0.3, 0.4) is 0 Å². The Morgan fingerprint density at radius 1 is 0.871 bits per heavy atom. The Labute approximate surface area is 180 Å². The third-order valence-corrected chi connectivity index (χ3v) is 4.83. The van der Waals surface area contributed by atoms with Gasteiger partial charge in [0.2, 0.25) is 6.10 Å². The number of nitrogens with one attached hydrogen (secondary N) is 1. The molecule has 0 aromatic heterocycles. The van der Waals surface area contributed by atoms with Crippen LogP contribution in [-0.2, 0) is 9.53 Å². The van der Waals surface area contributed by atoms with Gasteiger partial charge >= 0.3 is 5.97 Å². The fraction of sp³-hybridized carbons (Fsp3) is 0.200. The molecule has 0 spiro atoms. The van der Waals surface area contributed by atoms with Gasteiger partial charge in [0.15, 0.2) is 11.5 Å². The molecule has 6 nitrogen and oxygen atoms in total. The Morgan fingerprint density at radius 2 is 1.55 bits per heavy atom. The van der Waals surface area contributed by atoms with Gasteiger partial charge in [-0.25, -0.2) is 4.79 Å². The summed E-state index contributed by atoms with van der Waals surface area (Å²) in [5, 5.41) is 2.87. The van der Waals surface area contributed by atoms with Crippen molar-refractivity contribution in [3.63, 3.8) is 0 Å². The number of esters is 1. The number of hydrogen-bond donors (Lipinski definition) is 1. The number of hydrogen-bond acceptors (Lipinski definition) is 5. The summed E-state index contributed by atoms with van der Waals surface area (Å²) in [6.07, 6.45) is -1.11. The number of rotatable bonds is 5. The van der Waals surface area contributed by atoms with Crippen LogP contribution in [0.4, 0.5) is 5.69 Å². The second-order valence-corrected chi connectivity index (χ2v) is 7.42. The van der Waals surface area contributed by atoms with Gasteiger partial charge in [-0.2, -0.15) is 0 Å². The number of ether oxygens (including phenoxy) is 3. The van der Waals surface area contributed by atoms with Gasteiger partial charge in [0.25, 0.3) is 5.91 Å². The summed E-state index contributed by atoms with van der Waals surface area (Å²) in [6, 6.07) is 19.5. The van der Waals surface area contributed by atoms with E-state index in [2.05, 4.69) is 5.32 Å². The lowest BCUT2D eigenvalue weighted by Gasteiger charge is -2.20. The fourth-order valence-electron chi connectivity index (χ4n) is 3.50. The Balaban J connectivity index is 1.58. The number of benzene rings is 3. The van der Waals surface area contributed by atoms with E-state index >= 15 is 0 Å². The first kappa shape index (κ1) is 20.5. The van der Waals surface area contributed by atoms with Crippen LogP contribution in [0.15, 0.2) is 66.7 Å². The third kappa shape index (κ3) is 4.86. The first-order valence-electron chi connectivity index (χ1n) is 10.0. The molecule has 158 valence electrons. The van der Waals surface area contributed by atoms with Crippen LogP contribution < -0.4 is 14.8 Å². The largest absolute Gasteiger partial charge is 0.486 e. The van der Waals surface area contributed by atoms with E-state index in [-0.39, 0.29) is 5.56 Å². The van der Waals surface area contributed by atoms with E-state index in [9.17, 15) is 9.59 Å². The van der Waals surface area contributed by atoms with E-state index in [4.69, 9.17) is 14.2 Å². The van der Waals surface area contributed by atoms with E-state index in [0.29, 0.717) is 36.0 Å². The van der Waals surface area contributed by atoms with Crippen molar-refractivity contribution in [1.29, 1.82) is 0 Å². The minimum atomic E-state index is -1.11. The lowest BCUT2D eigenvalue weighted by molar-refractivity contribution is -0.125. The number of aryl methyl sites for hydroxylation is 2. The molecular formula is C25H23NO5. The second kappa shape index (κ2) is 8.92. The summed E-state index contributed by atoms with van der Waals surface area (Å²) in [7, 11) is 0. The molecule has 0 fully saturated rings. The molecule has 0 saturated heterocycles. The van der Waals surface area contributed by atoms with Crippen LogP contribution in [0.1, 0.15) is 33.2 Å². The Hall–Kier alpha value is -3.80. The second-order valence-electron chi connectivity index (χ2n) is 7.42. The molecule has 6 heteroatoms. The van der Waals surface area contributed by atoms with Crippen LogP contribution in [0.5, 0.6) is 11.5 Å². The minimum absolute atomic E-state index is 0.282. The zero-order valence-corrected chi connectivity index (χ0v) is 17.4. The number of carbonyl (C=O) groups is 2. The molecule has 0 aliphatic carbocycles. The van der Waals surface area contributed by atoms with Crippen molar-refractivity contribution in [2.45, 2.75) is 20.0 Å². The van der Waals surface area contributed by atoms with E-state index in [1.165, 1.54) is 0 Å². The highest BCUT2D eigenvalue weighted by molar-refractivity contribution is 5.98. The summed E-state index contributed by atoms with van der Waals surface area (Å²) in [4.78, 5) is 26.0. The van der Waals surface area contributed by atoms with Gasteiger partial charge in [-0.05, 0) is 55.3 Å². The van der Waals surface area contributed by atoms with E-state index in [1.54, 1.807) is 42.5 Å². The van der Waals surface area contributed by atoms with Crippen molar-refractivity contribution in [2.75, 3.05) is 18.5 Å². The molecule has 1 N–H and O–H groups in total. The van der Waals surface area contributed by atoms with Gasteiger partial charge in [-0.15, -0.1) is 0 Å². The molecule has 3 aromatic carbocycles. The van der Waals surface area contributed by atoms with Crippen molar-refractivity contribution in [1.82, 2.24) is 0 Å². The maximum absolute atomic E-state index is 13.1. The number of fused-ring (bicyclic) bond motifs is 1. The molecule has 0 bridgehead atoms. The smallest absolute Gasteiger partial charge is 0.339 e. The Kier molecular flexibility index (Phi) is 5.89. The van der Waals surface area contributed by atoms with Crippen LogP contribution in [0.2, 0.25) is 0 Å². The standard InChI is InChI=1S/C25H23NO5/c1-16-12-17(2)14-20(13-16)26-24(27)23(18-6-4-3-5-7-18)31-25(28)19-8-9-21-22(15-19)30-11-10-29-21/h3-9,12-15,23H,10-11H2,1-2H3,(H,26,27)/t23-/m1/s1. The molecule has 1 aliphatic rings. The minimum Gasteiger partial charge on any atom is -0.486 e. The van der Waals surface area contributed by atoms with Crippen LogP contribution in [0, 0.1) is 13.8 Å². The van der Waals surface area contributed by atoms with Gasteiger partial charge in [0.05, 0.1) is 5.56 Å². The molecule has 0 radical (unpaired) electrons. The van der Waals surface area contributed by atoms with Crippen LogP contribution in [0.25, 0.3) is 0 Å². The zero-order chi connectivity index (χ0) is 21.8. The van der Waals surface area contributed by atoms with Crippen LogP contribution in [-0.4, -0.2) is 25.1 Å². The molecule has 0 saturated carbocycles. The predicted molar refractivity (Wildman–Crippen MR) is 117 cm³/mol. The lowest BCUT2D eigenvalue weighted by Crippen LogP contribution is -2.26. The number of carbonyl (C=O) groups excluding carboxylic acids is 2. The first-order valence-corrected chi connectivity index (χ1v) is 10.0. The van der Waals surface area contributed by atoms with Crippen LogP contribution >= 0.6 is 0 Å². The quantitative estimate of drug-likeness (QED) is 0.614. The highest BCUT2D eigenvalue weighted by atomic mass is 16.6. The van der Waals surface area contributed by atoms with E-state index in [0.717, 1.165) is 11.1 Å². The van der Waals surface area contributed by atoms with E-state index < -0.39 is 18.0 Å². The average molecular weight is 417 g/mol. The Morgan fingerprint density at radius 3 is 2.26 bits per heavy atom. The van der Waals surface area contributed by atoms with Crippen molar-refractivity contribution < 1.29 is 23.8 Å². The molecule has 4 rings (SSSR count). The van der Waals surface area contributed by atoms with Gasteiger partial charge in [0, 0.05) is 11.3 Å². The topological polar surface area (TPSA) is 73.9 Å². The number of amides is 1. The van der Waals surface area contributed by atoms with Crippen molar-refractivity contribution >= 4 is 17.6 Å². The zero-order valence-electron chi connectivity index (χ0n) is 17.4. The third-order valence-electron chi connectivity index (χ3n) is 4.83. The van der Waals surface area contributed by atoms with Crippen molar-refractivity contribution in [3.8, 4) is 11.5 Å². The monoisotopic (exact) mass is 417 g/mol. The maximum Gasteiger partial charge on any atom is 0.339 e. The summed E-state index contributed by atoms with van der Waals surface area (Å²) < 4.78 is 16.7. The summed E-state index contributed by atoms with van der Waals surface area (Å²) >= 11 is 0. The van der Waals surface area contributed by atoms with Crippen molar-refractivity contribution in [2.24, 2.45) is 0 Å². The molecule has 1 amide bonds.